The summed E-state index contributed by atoms with van der Waals surface area (Å²) in [5.74, 6) is 0. The Balaban J connectivity index is 2.77. The third-order valence-electron chi connectivity index (χ3n) is 1.29. The first-order chi connectivity index (χ1) is 5.25. The fourth-order valence-electron chi connectivity index (χ4n) is 0.761. The van der Waals surface area contributed by atoms with E-state index in [-0.39, 0.29) is 6.04 Å². The summed E-state index contributed by atoms with van der Waals surface area (Å²) in [6, 6.07) is 3.57. The SMILES string of the molecule is N#CCC(N)c1sccc1Cl. The first kappa shape index (κ1) is 8.54. The molecular weight excluding hydrogens is 180 g/mol. The van der Waals surface area contributed by atoms with Crippen LogP contribution in [0.5, 0.6) is 0 Å². The largest absolute Gasteiger partial charge is 0.322 e. The van der Waals surface area contributed by atoms with E-state index in [0.717, 1.165) is 4.88 Å². The van der Waals surface area contributed by atoms with E-state index in [1.54, 1.807) is 6.07 Å². The number of nitriles is 1. The van der Waals surface area contributed by atoms with Gasteiger partial charge >= 0.3 is 0 Å². The fourth-order valence-corrected chi connectivity index (χ4v) is 1.96. The Morgan fingerprint density at radius 1 is 1.82 bits per heavy atom. The molecule has 0 amide bonds. The lowest BCUT2D eigenvalue weighted by Crippen LogP contribution is -2.07. The van der Waals surface area contributed by atoms with E-state index in [1.807, 2.05) is 11.4 Å². The highest BCUT2D eigenvalue weighted by Gasteiger charge is 2.10. The Morgan fingerprint density at radius 2 is 2.55 bits per heavy atom. The molecule has 11 heavy (non-hydrogen) atoms. The minimum atomic E-state index is -0.229. The minimum Gasteiger partial charge on any atom is -0.322 e. The number of hydrogen-bond donors (Lipinski definition) is 1. The quantitative estimate of drug-likeness (QED) is 0.771. The number of nitrogens with zero attached hydrogens (tertiary/aromatic N) is 1. The van der Waals surface area contributed by atoms with Crippen molar-refractivity contribution in [1.82, 2.24) is 0 Å². The fraction of sp³-hybridized carbons (Fsp3) is 0.286. The van der Waals surface area contributed by atoms with E-state index >= 15 is 0 Å². The van der Waals surface area contributed by atoms with Gasteiger partial charge in [-0.25, -0.2) is 0 Å². The summed E-state index contributed by atoms with van der Waals surface area (Å²) in [5.41, 5.74) is 5.65. The van der Waals surface area contributed by atoms with Gasteiger partial charge in [0.2, 0.25) is 0 Å². The Morgan fingerprint density at radius 3 is 3.00 bits per heavy atom. The van der Waals surface area contributed by atoms with E-state index in [2.05, 4.69) is 0 Å². The Hall–Kier alpha value is -0.560. The summed E-state index contributed by atoms with van der Waals surface area (Å²) in [6.07, 6.45) is 0.320. The van der Waals surface area contributed by atoms with E-state index < -0.39 is 0 Å². The Kier molecular flexibility index (Phi) is 2.89. The third-order valence-corrected chi connectivity index (χ3v) is 2.78. The molecule has 1 rings (SSSR count). The zero-order valence-corrected chi connectivity index (χ0v) is 7.32. The van der Waals surface area contributed by atoms with Gasteiger partial charge in [-0.1, -0.05) is 11.6 Å². The van der Waals surface area contributed by atoms with Crippen LogP contribution in [0, 0.1) is 11.3 Å². The molecular formula is C7H7ClN2S. The maximum Gasteiger partial charge on any atom is 0.0642 e. The molecule has 1 aromatic heterocycles. The molecule has 0 spiro atoms. The predicted octanol–water partition coefficient (Wildman–Crippen LogP) is 2.31. The zero-order chi connectivity index (χ0) is 8.27. The van der Waals surface area contributed by atoms with Gasteiger partial charge in [0.15, 0.2) is 0 Å². The minimum absolute atomic E-state index is 0.229. The molecule has 2 nitrogen and oxygen atoms in total. The van der Waals surface area contributed by atoms with Gasteiger partial charge in [-0.2, -0.15) is 5.26 Å². The molecule has 1 atom stereocenters. The van der Waals surface area contributed by atoms with Gasteiger partial charge in [0, 0.05) is 4.88 Å². The molecule has 0 aliphatic rings. The summed E-state index contributed by atoms with van der Waals surface area (Å²) in [7, 11) is 0. The maximum atomic E-state index is 8.36. The van der Waals surface area contributed by atoms with Gasteiger partial charge in [0.1, 0.15) is 0 Å². The van der Waals surface area contributed by atoms with Gasteiger partial charge in [0.25, 0.3) is 0 Å². The van der Waals surface area contributed by atoms with Crippen LogP contribution in [0.3, 0.4) is 0 Å². The van der Waals surface area contributed by atoms with Gasteiger partial charge in [-0.05, 0) is 11.4 Å². The van der Waals surface area contributed by atoms with E-state index in [1.165, 1.54) is 11.3 Å². The van der Waals surface area contributed by atoms with Crippen molar-refractivity contribution in [2.75, 3.05) is 0 Å². The van der Waals surface area contributed by atoms with E-state index in [0.29, 0.717) is 11.4 Å². The second-order valence-corrected chi connectivity index (χ2v) is 3.46. The second kappa shape index (κ2) is 3.72. The predicted molar refractivity (Wildman–Crippen MR) is 46.5 cm³/mol. The van der Waals surface area contributed by atoms with Crippen LogP contribution in [0.2, 0.25) is 5.02 Å². The van der Waals surface area contributed by atoms with Crippen molar-refractivity contribution in [2.24, 2.45) is 5.73 Å². The molecule has 0 fully saturated rings. The van der Waals surface area contributed by atoms with Crippen LogP contribution >= 0.6 is 22.9 Å². The first-order valence-electron chi connectivity index (χ1n) is 3.11. The molecule has 1 heterocycles. The molecule has 0 saturated carbocycles. The molecule has 0 radical (unpaired) electrons. The molecule has 1 aromatic rings. The average molecular weight is 187 g/mol. The topological polar surface area (TPSA) is 49.8 Å². The highest BCUT2D eigenvalue weighted by molar-refractivity contribution is 7.10. The Bertz CT molecular complexity index is 276. The number of nitrogens with two attached hydrogens (primary N) is 1. The normalized spacial score (nSPS) is 12.5. The van der Waals surface area contributed by atoms with Gasteiger partial charge in [-0.3, -0.25) is 0 Å². The van der Waals surface area contributed by atoms with Crippen LogP contribution in [0.25, 0.3) is 0 Å². The lowest BCUT2D eigenvalue weighted by Gasteiger charge is -2.03. The summed E-state index contributed by atoms with van der Waals surface area (Å²) < 4.78 is 0. The van der Waals surface area contributed by atoms with Crippen LogP contribution in [0.15, 0.2) is 11.4 Å². The third kappa shape index (κ3) is 1.93. The highest BCUT2D eigenvalue weighted by Crippen LogP contribution is 2.28. The maximum absolute atomic E-state index is 8.36. The van der Waals surface area contributed by atoms with Crippen LogP contribution in [-0.2, 0) is 0 Å². The van der Waals surface area contributed by atoms with Crippen LogP contribution in [0.1, 0.15) is 17.3 Å². The summed E-state index contributed by atoms with van der Waals surface area (Å²) >= 11 is 7.28. The Labute approximate surface area is 74.2 Å². The first-order valence-corrected chi connectivity index (χ1v) is 4.37. The number of hydrogen-bond acceptors (Lipinski definition) is 3. The standard InChI is InChI=1S/C7H7ClN2S/c8-5-2-4-11-7(5)6(10)1-3-9/h2,4,6H,1,10H2. The molecule has 0 bridgehead atoms. The lowest BCUT2D eigenvalue weighted by atomic mass is 10.2. The van der Waals surface area contributed by atoms with Crippen LogP contribution in [0.4, 0.5) is 0 Å². The summed E-state index contributed by atoms with van der Waals surface area (Å²) in [4.78, 5) is 0.896. The second-order valence-electron chi connectivity index (χ2n) is 2.10. The molecule has 4 heteroatoms. The number of rotatable bonds is 2. The molecule has 0 saturated heterocycles. The number of thiophene rings is 1. The van der Waals surface area contributed by atoms with E-state index in [4.69, 9.17) is 22.6 Å². The molecule has 2 N–H and O–H groups in total. The lowest BCUT2D eigenvalue weighted by molar-refractivity contribution is 0.765. The van der Waals surface area contributed by atoms with E-state index in [9.17, 15) is 0 Å². The van der Waals surface area contributed by atoms with Crippen molar-refractivity contribution in [2.45, 2.75) is 12.5 Å². The smallest absolute Gasteiger partial charge is 0.0642 e. The summed E-state index contributed by atoms with van der Waals surface area (Å²) in [5, 5.41) is 10.9. The monoisotopic (exact) mass is 186 g/mol. The molecule has 0 aliphatic heterocycles. The molecule has 0 aliphatic carbocycles. The van der Waals surface area contributed by atoms with Crippen molar-refractivity contribution < 1.29 is 0 Å². The molecule has 1 unspecified atom stereocenters. The van der Waals surface area contributed by atoms with Gasteiger partial charge < -0.3 is 5.73 Å². The van der Waals surface area contributed by atoms with Gasteiger partial charge in [0.05, 0.1) is 23.6 Å². The highest BCUT2D eigenvalue weighted by atomic mass is 35.5. The van der Waals surface area contributed by atoms with Crippen LogP contribution < -0.4 is 5.73 Å². The van der Waals surface area contributed by atoms with Crippen molar-refractivity contribution in [3.63, 3.8) is 0 Å². The van der Waals surface area contributed by atoms with Crippen molar-refractivity contribution in [3.8, 4) is 6.07 Å². The number of halogens is 1. The van der Waals surface area contributed by atoms with Crippen molar-refractivity contribution in [3.05, 3.63) is 21.3 Å². The molecule has 58 valence electrons. The average Bonchev–Trinajstić information content (AvgIpc) is 2.36. The van der Waals surface area contributed by atoms with Gasteiger partial charge in [-0.15, -0.1) is 11.3 Å². The van der Waals surface area contributed by atoms with Crippen LogP contribution in [-0.4, -0.2) is 0 Å². The van der Waals surface area contributed by atoms with Crippen molar-refractivity contribution >= 4 is 22.9 Å². The zero-order valence-electron chi connectivity index (χ0n) is 5.75. The summed E-state index contributed by atoms with van der Waals surface area (Å²) in [6.45, 7) is 0. The molecule has 0 aromatic carbocycles. The van der Waals surface area contributed by atoms with Crippen molar-refractivity contribution in [1.29, 1.82) is 5.26 Å².